The van der Waals surface area contributed by atoms with Crippen LogP contribution in [-0.2, 0) is 23.2 Å². The van der Waals surface area contributed by atoms with Gasteiger partial charge in [-0.2, -0.15) is 0 Å². The highest BCUT2D eigenvalue weighted by atomic mass is 32.2. The Morgan fingerprint density at radius 2 is 1.76 bits per heavy atom. The number of aliphatic hydroxyl groups is 1. The SMILES string of the molecule is O=S(=O)(NCc1cccc(CO)c1)c1ccc(F)cc1F. The molecule has 0 atom stereocenters. The van der Waals surface area contributed by atoms with Crippen LogP contribution in [0, 0.1) is 11.6 Å². The third kappa shape index (κ3) is 3.84. The number of rotatable bonds is 5. The summed E-state index contributed by atoms with van der Waals surface area (Å²) in [6.45, 7) is -0.222. The molecule has 0 aliphatic rings. The maximum absolute atomic E-state index is 13.5. The van der Waals surface area contributed by atoms with Crippen molar-refractivity contribution in [3.63, 3.8) is 0 Å². The zero-order chi connectivity index (χ0) is 15.5. The van der Waals surface area contributed by atoms with Crippen LogP contribution in [0.1, 0.15) is 11.1 Å². The first-order valence-corrected chi connectivity index (χ1v) is 7.54. The molecule has 0 saturated heterocycles. The van der Waals surface area contributed by atoms with E-state index in [0.717, 1.165) is 12.1 Å². The van der Waals surface area contributed by atoms with E-state index in [4.69, 9.17) is 5.11 Å². The number of hydrogen-bond donors (Lipinski definition) is 2. The van der Waals surface area contributed by atoms with Gasteiger partial charge in [-0.3, -0.25) is 0 Å². The molecule has 0 aliphatic carbocycles. The van der Waals surface area contributed by atoms with Crippen molar-refractivity contribution in [2.24, 2.45) is 0 Å². The second-order valence-corrected chi connectivity index (χ2v) is 6.11. The van der Waals surface area contributed by atoms with E-state index in [1.54, 1.807) is 24.3 Å². The molecule has 0 unspecified atom stereocenters. The van der Waals surface area contributed by atoms with E-state index in [-0.39, 0.29) is 13.2 Å². The Hall–Kier alpha value is -1.83. The molecule has 0 saturated carbocycles. The lowest BCUT2D eigenvalue weighted by molar-refractivity contribution is 0.281. The number of hydrogen-bond acceptors (Lipinski definition) is 3. The van der Waals surface area contributed by atoms with E-state index < -0.39 is 26.6 Å². The third-order valence-corrected chi connectivity index (χ3v) is 4.26. The van der Waals surface area contributed by atoms with E-state index >= 15 is 0 Å². The molecule has 2 N–H and O–H groups in total. The fourth-order valence-electron chi connectivity index (χ4n) is 1.79. The molecule has 2 aromatic carbocycles. The van der Waals surface area contributed by atoms with Gasteiger partial charge < -0.3 is 5.11 Å². The molecular formula is C14H13F2NO3S. The highest BCUT2D eigenvalue weighted by Gasteiger charge is 2.19. The molecule has 0 fully saturated rings. The first-order valence-electron chi connectivity index (χ1n) is 6.06. The minimum Gasteiger partial charge on any atom is -0.392 e. The van der Waals surface area contributed by atoms with Crippen molar-refractivity contribution in [3.05, 3.63) is 65.2 Å². The molecule has 0 heterocycles. The summed E-state index contributed by atoms with van der Waals surface area (Å²) in [7, 11) is -4.08. The molecule has 0 aliphatic heterocycles. The molecule has 2 aromatic rings. The van der Waals surface area contributed by atoms with Gasteiger partial charge in [-0.1, -0.05) is 24.3 Å². The number of sulfonamides is 1. The van der Waals surface area contributed by atoms with Gasteiger partial charge in [0.1, 0.15) is 16.5 Å². The van der Waals surface area contributed by atoms with Crippen molar-refractivity contribution in [2.45, 2.75) is 18.0 Å². The normalized spacial score (nSPS) is 11.6. The van der Waals surface area contributed by atoms with E-state index in [1.165, 1.54) is 0 Å². The van der Waals surface area contributed by atoms with Crippen LogP contribution in [0.5, 0.6) is 0 Å². The van der Waals surface area contributed by atoms with Gasteiger partial charge in [0.25, 0.3) is 0 Å². The average Bonchev–Trinajstić information content (AvgIpc) is 2.45. The van der Waals surface area contributed by atoms with Crippen LogP contribution in [0.15, 0.2) is 47.4 Å². The third-order valence-electron chi connectivity index (χ3n) is 2.82. The number of benzene rings is 2. The summed E-state index contributed by atoms with van der Waals surface area (Å²) in [5.41, 5.74) is 1.26. The predicted octanol–water partition coefficient (Wildman–Crippen LogP) is 1.94. The highest BCUT2D eigenvalue weighted by molar-refractivity contribution is 7.89. The topological polar surface area (TPSA) is 66.4 Å². The standard InChI is InChI=1S/C14H13F2NO3S/c15-12-4-5-14(13(16)7-12)21(19,20)17-8-10-2-1-3-11(6-10)9-18/h1-7,17-18H,8-9H2. The molecule has 112 valence electrons. The Labute approximate surface area is 121 Å². The maximum atomic E-state index is 13.5. The average molecular weight is 313 g/mol. The molecule has 0 spiro atoms. The minimum absolute atomic E-state index is 0.0625. The van der Waals surface area contributed by atoms with Crippen LogP contribution >= 0.6 is 0 Å². The lowest BCUT2D eigenvalue weighted by Crippen LogP contribution is -2.24. The summed E-state index contributed by atoms with van der Waals surface area (Å²) < 4.78 is 52.5. The van der Waals surface area contributed by atoms with Crippen molar-refractivity contribution >= 4 is 10.0 Å². The Balaban J connectivity index is 2.17. The van der Waals surface area contributed by atoms with Gasteiger partial charge >= 0.3 is 0 Å². The highest BCUT2D eigenvalue weighted by Crippen LogP contribution is 2.16. The molecule has 0 aromatic heterocycles. The second-order valence-electron chi connectivity index (χ2n) is 4.38. The van der Waals surface area contributed by atoms with Gasteiger partial charge in [0.2, 0.25) is 10.0 Å². The van der Waals surface area contributed by atoms with Gasteiger partial charge in [0.15, 0.2) is 0 Å². The largest absolute Gasteiger partial charge is 0.392 e. The Bertz CT molecular complexity index is 748. The van der Waals surface area contributed by atoms with Crippen molar-refractivity contribution in [1.29, 1.82) is 0 Å². The minimum atomic E-state index is -4.08. The van der Waals surface area contributed by atoms with Crippen LogP contribution in [0.25, 0.3) is 0 Å². The molecule has 0 amide bonds. The Morgan fingerprint density at radius 1 is 1.05 bits per heavy atom. The Kier molecular flexibility index (Phi) is 4.66. The van der Waals surface area contributed by atoms with Crippen LogP contribution in [0.4, 0.5) is 8.78 Å². The van der Waals surface area contributed by atoms with Crippen LogP contribution < -0.4 is 4.72 Å². The first kappa shape index (κ1) is 15.6. The van der Waals surface area contributed by atoms with E-state index in [1.807, 2.05) is 0 Å². The molecule has 0 radical (unpaired) electrons. The summed E-state index contributed by atoms with van der Waals surface area (Å²) in [6.07, 6.45) is 0. The lowest BCUT2D eigenvalue weighted by atomic mass is 10.1. The fraction of sp³-hybridized carbons (Fsp3) is 0.143. The summed E-state index contributed by atoms with van der Waals surface area (Å²) in [5.74, 6) is -1.99. The van der Waals surface area contributed by atoms with Gasteiger partial charge in [0, 0.05) is 12.6 Å². The van der Waals surface area contributed by atoms with Crippen LogP contribution in [0.3, 0.4) is 0 Å². The quantitative estimate of drug-likeness (QED) is 0.886. The van der Waals surface area contributed by atoms with E-state index in [2.05, 4.69) is 4.72 Å². The summed E-state index contributed by atoms with van der Waals surface area (Å²) in [6, 6.07) is 8.93. The zero-order valence-electron chi connectivity index (χ0n) is 10.9. The first-order chi connectivity index (χ1) is 9.92. The van der Waals surface area contributed by atoms with Gasteiger partial charge in [-0.05, 0) is 23.3 Å². The van der Waals surface area contributed by atoms with Crippen molar-refractivity contribution in [1.82, 2.24) is 4.72 Å². The van der Waals surface area contributed by atoms with Crippen molar-refractivity contribution < 1.29 is 22.3 Å². The Morgan fingerprint density at radius 3 is 2.43 bits per heavy atom. The van der Waals surface area contributed by atoms with Gasteiger partial charge in [-0.15, -0.1) is 0 Å². The molecule has 0 bridgehead atoms. The fourth-order valence-corrected chi connectivity index (χ4v) is 2.86. The molecule has 4 nitrogen and oxygen atoms in total. The molecule has 7 heteroatoms. The molecule has 21 heavy (non-hydrogen) atoms. The summed E-state index contributed by atoms with van der Waals surface area (Å²) in [5, 5.41) is 9.01. The van der Waals surface area contributed by atoms with Crippen molar-refractivity contribution in [2.75, 3.05) is 0 Å². The van der Waals surface area contributed by atoms with E-state index in [0.29, 0.717) is 17.2 Å². The van der Waals surface area contributed by atoms with E-state index in [9.17, 15) is 17.2 Å². The van der Waals surface area contributed by atoms with Gasteiger partial charge in [-0.25, -0.2) is 21.9 Å². The smallest absolute Gasteiger partial charge is 0.243 e. The predicted molar refractivity (Wildman–Crippen MR) is 72.7 cm³/mol. The van der Waals surface area contributed by atoms with Crippen molar-refractivity contribution in [3.8, 4) is 0 Å². The number of nitrogens with one attached hydrogen (secondary N) is 1. The second kappa shape index (κ2) is 6.30. The van der Waals surface area contributed by atoms with Crippen LogP contribution in [0.2, 0.25) is 0 Å². The number of aliphatic hydroxyl groups excluding tert-OH is 1. The monoisotopic (exact) mass is 313 g/mol. The summed E-state index contributed by atoms with van der Waals surface area (Å²) in [4.78, 5) is -0.609. The van der Waals surface area contributed by atoms with Crippen LogP contribution in [-0.4, -0.2) is 13.5 Å². The molecule has 2 rings (SSSR count). The zero-order valence-corrected chi connectivity index (χ0v) is 11.7. The van der Waals surface area contributed by atoms with Gasteiger partial charge in [0.05, 0.1) is 6.61 Å². The lowest BCUT2D eigenvalue weighted by Gasteiger charge is -2.08. The summed E-state index contributed by atoms with van der Waals surface area (Å²) >= 11 is 0. The number of halogens is 2. The maximum Gasteiger partial charge on any atom is 0.243 e. The molecular weight excluding hydrogens is 300 g/mol.